The van der Waals surface area contributed by atoms with E-state index >= 15 is 0 Å². The smallest absolute Gasteiger partial charge is 0.0992 e. The minimum absolute atomic E-state index is 0.601. The van der Waals surface area contributed by atoms with Gasteiger partial charge in [-0.25, -0.2) is 0 Å². The molecular formula is C59H36N4. The molecule has 0 bridgehead atoms. The number of benzene rings is 10. The first kappa shape index (κ1) is 36.2. The van der Waals surface area contributed by atoms with Crippen molar-refractivity contribution in [1.29, 1.82) is 10.5 Å². The number of anilines is 6. The van der Waals surface area contributed by atoms with E-state index in [2.05, 4.69) is 192 Å². The highest BCUT2D eigenvalue weighted by Crippen LogP contribution is 2.67. The van der Waals surface area contributed by atoms with E-state index < -0.39 is 5.41 Å². The van der Waals surface area contributed by atoms with Crippen LogP contribution in [-0.2, 0) is 5.41 Å². The third-order valence-electron chi connectivity index (χ3n) is 13.0. The van der Waals surface area contributed by atoms with Crippen LogP contribution in [0.4, 0.5) is 34.1 Å². The zero-order chi connectivity index (χ0) is 42.1. The SMILES string of the molecule is N#Cc1cccc(N(c2ccccc2)c2cc3c(c4ccccc24)-c2c(cc(N(c4ccccc4)c4cccc(C#N)c4)c4ccccc24)C32c3ccccc3-c3ccccc32)c1. The molecule has 4 heteroatoms. The van der Waals surface area contributed by atoms with Crippen molar-refractivity contribution < 1.29 is 0 Å². The summed E-state index contributed by atoms with van der Waals surface area (Å²) >= 11 is 0. The van der Waals surface area contributed by atoms with Crippen molar-refractivity contribution in [1.82, 2.24) is 0 Å². The highest BCUT2D eigenvalue weighted by molar-refractivity contribution is 6.19. The van der Waals surface area contributed by atoms with Crippen LogP contribution in [0.15, 0.2) is 218 Å². The van der Waals surface area contributed by atoms with Crippen LogP contribution in [0.1, 0.15) is 33.4 Å². The molecule has 4 nitrogen and oxygen atoms in total. The summed E-state index contributed by atoms with van der Waals surface area (Å²) in [6.07, 6.45) is 0. The summed E-state index contributed by atoms with van der Waals surface area (Å²) in [6, 6.07) is 82.0. The molecule has 0 amide bonds. The number of para-hydroxylation sites is 2. The fourth-order valence-electron chi connectivity index (χ4n) is 10.6. The van der Waals surface area contributed by atoms with Gasteiger partial charge in [0.2, 0.25) is 0 Å². The third kappa shape index (κ3) is 5.26. The van der Waals surface area contributed by atoms with Crippen LogP contribution in [0, 0.1) is 22.7 Å². The molecular weight excluding hydrogens is 765 g/mol. The lowest BCUT2D eigenvalue weighted by Gasteiger charge is -2.34. The largest absolute Gasteiger partial charge is 0.310 e. The number of hydrogen-bond acceptors (Lipinski definition) is 4. The molecule has 0 N–H and O–H groups in total. The first-order chi connectivity index (χ1) is 31.2. The molecule has 0 atom stereocenters. The molecule has 12 rings (SSSR count). The van der Waals surface area contributed by atoms with Gasteiger partial charge in [0.15, 0.2) is 0 Å². The number of rotatable bonds is 6. The van der Waals surface area contributed by atoms with Crippen LogP contribution in [0.3, 0.4) is 0 Å². The van der Waals surface area contributed by atoms with Gasteiger partial charge in [-0.05, 0) is 128 Å². The van der Waals surface area contributed by atoms with Gasteiger partial charge in [-0.3, -0.25) is 0 Å². The summed E-state index contributed by atoms with van der Waals surface area (Å²) in [5, 5.41) is 24.8. The predicted octanol–water partition coefficient (Wildman–Crippen LogP) is 15.0. The first-order valence-corrected chi connectivity index (χ1v) is 21.2. The molecule has 0 fully saturated rings. The molecule has 0 saturated carbocycles. The Balaban J connectivity index is 1.27. The summed E-state index contributed by atoms with van der Waals surface area (Å²) in [5.41, 5.74) is 16.1. The average Bonchev–Trinajstić information content (AvgIpc) is 3.82. The molecule has 2 aliphatic rings. The minimum Gasteiger partial charge on any atom is -0.310 e. The molecule has 1 spiro atoms. The highest BCUT2D eigenvalue weighted by atomic mass is 15.2. The molecule has 292 valence electrons. The van der Waals surface area contributed by atoms with E-state index in [1.54, 1.807) is 0 Å². The van der Waals surface area contributed by atoms with Gasteiger partial charge < -0.3 is 9.80 Å². The molecule has 10 aromatic carbocycles. The van der Waals surface area contributed by atoms with Crippen LogP contribution in [0.5, 0.6) is 0 Å². The maximum absolute atomic E-state index is 10.1. The van der Waals surface area contributed by atoms with Gasteiger partial charge in [-0.1, -0.05) is 146 Å². The molecule has 0 radical (unpaired) electrons. The predicted molar refractivity (Wildman–Crippen MR) is 257 cm³/mol. The summed E-state index contributed by atoms with van der Waals surface area (Å²) in [5.74, 6) is 0. The number of hydrogen-bond donors (Lipinski definition) is 0. The topological polar surface area (TPSA) is 54.1 Å². The average molecular weight is 801 g/mol. The Hall–Kier alpha value is -8.70. The van der Waals surface area contributed by atoms with Crippen molar-refractivity contribution in [3.8, 4) is 34.4 Å². The second kappa shape index (κ2) is 14.2. The molecule has 2 aliphatic carbocycles. The second-order valence-corrected chi connectivity index (χ2v) is 16.2. The van der Waals surface area contributed by atoms with Crippen molar-refractivity contribution in [2.45, 2.75) is 5.41 Å². The third-order valence-corrected chi connectivity index (χ3v) is 13.0. The fraction of sp³-hybridized carbons (Fsp3) is 0.0169. The summed E-state index contributed by atoms with van der Waals surface area (Å²) in [4.78, 5) is 4.63. The molecule has 0 heterocycles. The summed E-state index contributed by atoms with van der Waals surface area (Å²) < 4.78 is 0. The van der Waals surface area contributed by atoms with E-state index in [1.165, 1.54) is 44.5 Å². The Morgan fingerprint density at radius 2 is 0.683 bits per heavy atom. The zero-order valence-electron chi connectivity index (χ0n) is 34.1. The Labute approximate surface area is 366 Å². The quantitative estimate of drug-likeness (QED) is 0.168. The van der Waals surface area contributed by atoms with E-state index in [4.69, 9.17) is 0 Å². The van der Waals surface area contributed by atoms with Gasteiger partial charge >= 0.3 is 0 Å². The van der Waals surface area contributed by atoms with Gasteiger partial charge in [0, 0.05) is 33.5 Å². The maximum Gasteiger partial charge on any atom is 0.0992 e. The number of nitriles is 2. The number of fused-ring (bicyclic) bond motifs is 14. The molecule has 63 heavy (non-hydrogen) atoms. The Bertz CT molecular complexity index is 3320. The van der Waals surface area contributed by atoms with Crippen LogP contribution >= 0.6 is 0 Å². The van der Waals surface area contributed by atoms with E-state index in [0.717, 1.165) is 55.7 Å². The lowest BCUT2D eigenvalue weighted by molar-refractivity contribution is 0.795. The standard InChI is InChI=1S/C59H36N4/c60-37-39-17-15-23-43(33-39)62(41-19-3-1-4-20-41)55-35-53-57(49-29-9-7-27-47(49)55)58-50-30-10-8-28-48(50)56(63(42-21-5-2-6-22-42)44-24-16-18-40(34-44)38-61)36-54(58)59(53)51-31-13-11-25-45(51)46-26-12-14-32-52(46)59/h1-36H. The van der Waals surface area contributed by atoms with Gasteiger partial charge in [0.05, 0.1) is 40.1 Å². The molecule has 0 aliphatic heterocycles. The Morgan fingerprint density at radius 3 is 1.11 bits per heavy atom. The Morgan fingerprint density at radius 1 is 0.317 bits per heavy atom. The van der Waals surface area contributed by atoms with Gasteiger partial charge in [-0.15, -0.1) is 0 Å². The summed E-state index contributed by atoms with van der Waals surface area (Å²) in [6.45, 7) is 0. The van der Waals surface area contributed by atoms with Crippen molar-refractivity contribution in [3.63, 3.8) is 0 Å². The van der Waals surface area contributed by atoms with Gasteiger partial charge in [0.25, 0.3) is 0 Å². The van der Waals surface area contributed by atoms with Gasteiger partial charge in [-0.2, -0.15) is 10.5 Å². The van der Waals surface area contributed by atoms with Crippen LogP contribution in [-0.4, -0.2) is 0 Å². The minimum atomic E-state index is -0.719. The Kier molecular flexibility index (Phi) is 8.16. The molecule has 10 aromatic rings. The molecule has 0 aromatic heterocycles. The van der Waals surface area contributed by atoms with Crippen LogP contribution < -0.4 is 9.80 Å². The lowest BCUT2D eigenvalue weighted by Crippen LogP contribution is -2.26. The van der Waals surface area contributed by atoms with E-state index in [9.17, 15) is 10.5 Å². The van der Waals surface area contributed by atoms with Crippen LogP contribution in [0.2, 0.25) is 0 Å². The second-order valence-electron chi connectivity index (χ2n) is 16.2. The van der Waals surface area contributed by atoms with Crippen LogP contribution in [0.25, 0.3) is 43.8 Å². The van der Waals surface area contributed by atoms with E-state index in [-0.39, 0.29) is 0 Å². The van der Waals surface area contributed by atoms with Crippen molar-refractivity contribution in [2.24, 2.45) is 0 Å². The van der Waals surface area contributed by atoms with E-state index in [1.807, 2.05) is 48.5 Å². The summed E-state index contributed by atoms with van der Waals surface area (Å²) in [7, 11) is 0. The van der Waals surface area contributed by atoms with Crippen molar-refractivity contribution in [3.05, 3.63) is 252 Å². The lowest BCUT2D eigenvalue weighted by atomic mass is 9.70. The monoisotopic (exact) mass is 800 g/mol. The van der Waals surface area contributed by atoms with Gasteiger partial charge in [0.1, 0.15) is 0 Å². The molecule has 0 saturated heterocycles. The highest BCUT2D eigenvalue weighted by Gasteiger charge is 2.53. The van der Waals surface area contributed by atoms with Crippen molar-refractivity contribution in [2.75, 3.05) is 9.80 Å². The number of nitrogens with zero attached hydrogens (tertiary/aromatic N) is 4. The normalized spacial score (nSPS) is 12.5. The van der Waals surface area contributed by atoms with E-state index in [0.29, 0.717) is 11.1 Å². The maximum atomic E-state index is 10.1. The molecule has 0 unspecified atom stereocenters. The fourth-order valence-corrected chi connectivity index (χ4v) is 10.6. The first-order valence-electron chi connectivity index (χ1n) is 21.2. The zero-order valence-corrected chi connectivity index (χ0v) is 34.1. The van der Waals surface area contributed by atoms with Crippen molar-refractivity contribution >= 4 is 55.7 Å².